The molecule has 3 aliphatic carbocycles. The van der Waals surface area contributed by atoms with Crippen molar-refractivity contribution in [2.45, 2.75) is 31.4 Å². The number of likely N-dealkylation sites (N-methyl/N-ethyl adjacent to an activating group) is 1. The highest BCUT2D eigenvalue weighted by molar-refractivity contribution is 6.24. The van der Waals surface area contributed by atoms with Gasteiger partial charge in [-0.15, -0.1) is 0 Å². The number of carbonyl (C=O) groups excluding carboxylic acids is 3. The predicted octanol–water partition coefficient (Wildman–Crippen LogP) is 0.162. The Labute approximate surface area is 194 Å². The molecular formula is C23H25N3O8. The third-order valence-corrected chi connectivity index (χ3v) is 7.14. The molecule has 0 bridgehead atoms. The second-order valence-electron chi connectivity index (χ2n) is 9.13. The van der Waals surface area contributed by atoms with Gasteiger partial charge in [-0.3, -0.25) is 19.3 Å². The molecule has 0 heterocycles. The van der Waals surface area contributed by atoms with Crippen LogP contribution in [0.2, 0.25) is 0 Å². The second-order valence-corrected chi connectivity index (χ2v) is 9.13. The lowest BCUT2D eigenvalue weighted by atomic mass is 9.57. The smallest absolute Gasteiger partial charge is 0.255 e. The zero-order chi connectivity index (χ0) is 25.3. The molecule has 0 spiro atoms. The summed E-state index contributed by atoms with van der Waals surface area (Å²) in [6.45, 7) is 1.53. The van der Waals surface area contributed by atoms with E-state index in [2.05, 4.69) is 5.16 Å². The average Bonchev–Trinajstić information content (AvgIpc) is 2.75. The maximum absolute atomic E-state index is 13.7. The van der Waals surface area contributed by atoms with E-state index in [0.29, 0.717) is 11.1 Å². The van der Waals surface area contributed by atoms with Crippen LogP contribution in [0.1, 0.15) is 30.0 Å². The monoisotopic (exact) mass is 471 g/mol. The van der Waals surface area contributed by atoms with Crippen molar-refractivity contribution >= 4 is 28.9 Å². The van der Waals surface area contributed by atoms with Crippen LogP contribution in [0.15, 0.2) is 34.2 Å². The van der Waals surface area contributed by atoms with E-state index < -0.39 is 58.0 Å². The molecule has 0 aromatic heterocycles. The van der Waals surface area contributed by atoms with Crippen molar-refractivity contribution < 1.29 is 40.0 Å². The number of primary amides is 1. The van der Waals surface area contributed by atoms with E-state index in [1.54, 1.807) is 0 Å². The molecule has 180 valence electrons. The number of rotatable bonds is 3. The van der Waals surface area contributed by atoms with E-state index in [1.165, 1.54) is 38.1 Å². The van der Waals surface area contributed by atoms with Crippen molar-refractivity contribution in [3.8, 4) is 5.75 Å². The van der Waals surface area contributed by atoms with Crippen LogP contribution in [0.25, 0.3) is 5.76 Å². The van der Waals surface area contributed by atoms with E-state index >= 15 is 0 Å². The van der Waals surface area contributed by atoms with Crippen LogP contribution in [0.4, 0.5) is 0 Å². The number of aliphatic hydroxyl groups excluding tert-OH is 2. The molecule has 1 fully saturated rings. The van der Waals surface area contributed by atoms with Crippen molar-refractivity contribution in [2.24, 2.45) is 22.7 Å². The minimum absolute atomic E-state index is 0.0177. The van der Waals surface area contributed by atoms with Crippen molar-refractivity contribution in [1.29, 1.82) is 0 Å². The Bertz CT molecular complexity index is 1240. The Hall–Kier alpha value is -3.70. The van der Waals surface area contributed by atoms with Crippen LogP contribution in [0, 0.1) is 11.8 Å². The van der Waals surface area contributed by atoms with Crippen LogP contribution in [-0.2, 0) is 20.8 Å². The quantitative estimate of drug-likeness (QED) is 0.154. The molecule has 34 heavy (non-hydrogen) atoms. The van der Waals surface area contributed by atoms with E-state index in [9.17, 15) is 40.0 Å². The molecule has 1 aromatic rings. The Morgan fingerprint density at radius 1 is 1.21 bits per heavy atom. The first-order valence-electron chi connectivity index (χ1n) is 10.6. The standard InChI is InChI=1S/C23H25N3O8/c1-8(25-34)10-4-5-13(27)15-11(10)6-9-7-12-17(26(2)3)19(29)16(22(24)32)21(31)23(12,33)20(30)14(9)18(15)28/h4-5,9,12,17,27-28,31,33-34H,6-7H2,1-3H3,(H2,24,32)/b25-8+/t9?,12?,17-,23-/m0/s1. The summed E-state index contributed by atoms with van der Waals surface area (Å²) in [6.07, 6.45) is 0.0985. The fourth-order valence-corrected chi connectivity index (χ4v) is 5.64. The zero-order valence-corrected chi connectivity index (χ0v) is 18.7. The zero-order valence-electron chi connectivity index (χ0n) is 18.7. The van der Waals surface area contributed by atoms with E-state index in [-0.39, 0.29) is 35.4 Å². The van der Waals surface area contributed by atoms with Gasteiger partial charge in [0.2, 0.25) is 5.78 Å². The van der Waals surface area contributed by atoms with Gasteiger partial charge in [-0.2, -0.15) is 0 Å². The summed E-state index contributed by atoms with van der Waals surface area (Å²) in [5.41, 5.74) is 2.55. The molecule has 2 unspecified atom stereocenters. The van der Waals surface area contributed by atoms with Gasteiger partial charge in [-0.05, 0) is 57.5 Å². The van der Waals surface area contributed by atoms with Crippen LogP contribution in [-0.4, -0.2) is 79.5 Å². The first-order chi connectivity index (χ1) is 15.9. The summed E-state index contributed by atoms with van der Waals surface area (Å²) in [5, 5.41) is 56.3. The van der Waals surface area contributed by atoms with Crippen molar-refractivity contribution in [1.82, 2.24) is 4.90 Å². The first kappa shape index (κ1) is 23.5. The fraction of sp³-hybridized carbons (Fsp3) is 0.391. The number of carbonyl (C=O) groups is 3. The molecule has 7 N–H and O–H groups in total. The molecule has 4 rings (SSSR count). The highest BCUT2D eigenvalue weighted by atomic mass is 16.4. The van der Waals surface area contributed by atoms with Gasteiger partial charge in [-0.1, -0.05) is 5.16 Å². The molecule has 3 aliphatic rings. The highest BCUT2D eigenvalue weighted by Gasteiger charge is 2.64. The van der Waals surface area contributed by atoms with Gasteiger partial charge < -0.3 is 31.4 Å². The second kappa shape index (κ2) is 7.67. The largest absolute Gasteiger partial charge is 0.508 e. The molecule has 4 atom stereocenters. The van der Waals surface area contributed by atoms with E-state index in [0.717, 1.165) is 0 Å². The number of phenols is 1. The summed E-state index contributed by atoms with van der Waals surface area (Å²) in [6, 6.07) is 1.64. The third-order valence-electron chi connectivity index (χ3n) is 7.14. The highest BCUT2D eigenvalue weighted by Crippen LogP contribution is 2.52. The number of hydrogen-bond acceptors (Lipinski definition) is 10. The third kappa shape index (κ3) is 2.90. The van der Waals surface area contributed by atoms with Crippen LogP contribution < -0.4 is 5.73 Å². The molecular weight excluding hydrogens is 446 g/mol. The molecule has 0 radical (unpaired) electrons. The number of nitrogens with zero attached hydrogens (tertiary/aromatic N) is 2. The van der Waals surface area contributed by atoms with Crippen molar-refractivity contribution in [3.63, 3.8) is 0 Å². The Balaban J connectivity index is 2.00. The number of aromatic hydroxyl groups is 1. The van der Waals surface area contributed by atoms with E-state index in [1.807, 2.05) is 0 Å². The predicted molar refractivity (Wildman–Crippen MR) is 118 cm³/mol. The number of oxime groups is 1. The number of Topliss-reactive ketones (excluding diaryl/α,β-unsaturated/α-hetero) is 2. The number of hydrogen-bond donors (Lipinski definition) is 6. The average molecular weight is 471 g/mol. The minimum atomic E-state index is -2.68. The van der Waals surface area contributed by atoms with Gasteiger partial charge >= 0.3 is 0 Å². The molecule has 1 saturated carbocycles. The summed E-state index contributed by atoms with van der Waals surface area (Å²) in [7, 11) is 3.06. The number of amides is 1. The topological polar surface area (TPSA) is 194 Å². The van der Waals surface area contributed by atoms with Crippen LogP contribution in [0.3, 0.4) is 0 Å². The number of nitrogens with two attached hydrogens (primary N) is 1. The normalized spacial score (nSPS) is 29.2. The van der Waals surface area contributed by atoms with Crippen molar-refractivity contribution in [2.75, 3.05) is 14.1 Å². The molecule has 0 saturated heterocycles. The maximum Gasteiger partial charge on any atom is 0.255 e. The molecule has 1 amide bonds. The summed E-state index contributed by atoms with van der Waals surface area (Å²) < 4.78 is 0. The first-order valence-corrected chi connectivity index (χ1v) is 10.6. The molecule has 0 aliphatic heterocycles. The Morgan fingerprint density at radius 2 is 1.85 bits per heavy atom. The maximum atomic E-state index is 13.7. The number of ketones is 2. The van der Waals surface area contributed by atoms with Crippen LogP contribution >= 0.6 is 0 Å². The number of benzene rings is 1. The van der Waals surface area contributed by atoms with Gasteiger partial charge in [0.25, 0.3) is 5.91 Å². The van der Waals surface area contributed by atoms with Gasteiger partial charge in [0.15, 0.2) is 11.4 Å². The molecule has 11 heteroatoms. The van der Waals surface area contributed by atoms with Gasteiger partial charge in [0, 0.05) is 17.1 Å². The summed E-state index contributed by atoms with van der Waals surface area (Å²) in [5.74, 6) is -7.10. The lowest BCUT2D eigenvalue weighted by Crippen LogP contribution is -2.65. The van der Waals surface area contributed by atoms with Crippen molar-refractivity contribution in [3.05, 3.63) is 45.7 Å². The van der Waals surface area contributed by atoms with E-state index in [4.69, 9.17) is 5.73 Å². The minimum Gasteiger partial charge on any atom is -0.508 e. The van der Waals surface area contributed by atoms with Gasteiger partial charge in [0.1, 0.15) is 22.8 Å². The Kier molecular flexibility index (Phi) is 5.29. The fourth-order valence-electron chi connectivity index (χ4n) is 5.64. The lowest BCUT2D eigenvalue weighted by Gasteiger charge is -2.50. The lowest BCUT2D eigenvalue weighted by molar-refractivity contribution is -0.153. The number of phenolic OH excluding ortho intramolecular Hbond substituents is 1. The summed E-state index contributed by atoms with van der Waals surface area (Å²) >= 11 is 0. The van der Waals surface area contributed by atoms with Crippen LogP contribution in [0.5, 0.6) is 5.75 Å². The number of fused-ring (bicyclic) bond motifs is 3. The number of aliphatic hydroxyl groups is 3. The van der Waals surface area contributed by atoms with Gasteiger partial charge in [-0.25, -0.2) is 0 Å². The SMILES string of the molecule is C/C(=N\O)c1ccc(O)c2c1CC1CC3[C@H](N(C)C)C(=O)C(C(N)=O)=C(O)[C@@]3(O)C(=O)C1=C2O. The molecule has 1 aromatic carbocycles. The Morgan fingerprint density at radius 3 is 2.41 bits per heavy atom. The molecule has 11 nitrogen and oxygen atoms in total. The van der Waals surface area contributed by atoms with Gasteiger partial charge in [0.05, 0.1) is 17.3 Å². The summed E-state index contributed by atoms with van der Waals surface area (Å²) in [4.78, 5) is 40.1.